The van der Waals surface area contributed by atoms with E-state index in [0.717, 1.165) is 30.5 Å². The Kier molecular flexibility index (Phi) is 5.88. The third-order valence-corrected chi connectivity index (χ3v) is 5.25. The molecule has 2 aliphatic rings. The van der Waals surface area contributed by atoms with E-state index in [-0.39, 0.29) is 18.2 Å². The molecule has 1 aliphatic heterocycles. The highest BCUT2D eigenvalue weighted by Gasteiger charge is 2.40. The van der Waals surface area contributed by atoms with E-state index in [2.05, 4.69) is 11.4 Å². The van der Waals surface area contributed by atoms with Crippen molar-refractivity contribution in [2.75, 3.05) is 18.0 Å². The molecule has 1 aliphatic carbocycles. The zero-order chi connectivity index (χ0) is 19.4. The maximum atomic E-state index is 12.8. The summed E-state index contributed by atoms with van der Waals surface area (Å²) < 4.78 is 5.86. The van der Waals surface area contributed by atoms with E-state index in [1.165, 1.54) is 18.4 Å². The summed E-state index contributed by atoms with van der Waals surface area (Å²) in [5.41, 5.74) is 2.34. The zero-order valence-corrected chi connectivity index (χ0v) is 16.6. The minimum absolute atomic E-state index is 0.0160. The average molecular weight is 370 g/mol. The Morgan fingerprint density at radius 2 is 2.11 bits per heavy atom. The number of aryl methyl sites for hydroxylation is 1. The van der Waals surface area contributed by atoms with Crippen LogP contribution >= 0.6 is 0 Å². The van der Waals surface area contributed by atoms with Gasteiger partial charge in [-0.05, 0) is 70.6 Å². The largest absolute Gasteiger partial charge is 0.476 e. The van der Waals surface area contributed by atoms with E-state index >= 15 is 0 Å². The van der Waals surface area contributed by atoms with Gasteiger partial charge in [0.2, 0.25) is 5.91 Å². The van der Waals surface area contributed by atoms with E-state index in [4.69, 9.17) is 4.74 Å². The minimum Gasteiger partial charge on any atom is -0.476 e. The van der Waals surface area contributed by atoms with Crippen LogP contribution in [0.3, 0.4) is 0 Å². The topological polar surface area (TPSA) is 58.6 Å². The number of benzene rings is 1. The molecule has 0 saturated heterocycles. The van der Waals surface area contributed by atoms with Gasteiger partial charge in [-0.25, -0.2) is 0 Å². The summed E-state index contributed by atoms with van der Waals surface area (Å²) in [5.74, 6) is 0.563. The molecule has 0 bridgehead atoms. The van der Waals surface area contributed by atoms with Gasteiger partial charge in [0.15, 0.2) is 5.60 Å². The molecule has 2 amide bonds. The van der Waals surface area contributed by atoms with Crippen LogP contribution in [0.15, 0.2) is 29.8 Å². The van der Waals surface area contributed by atoms with Crippen molar-refractivity contribution in [1.29, 1.82) is 0 Å². The van der Waals surface area contributed by atoms with Gasteiger partial charge < -0.3 is 15.0 Å². The van der Waals surface area contributed by atoms with E-state index in [1.54, 1.807) is 18.7 Å². The predicted octanol–water partition coefficient (Wildman–Crippen LogP) is 3.90. The lowest BCUT2D eigenvalue weighted by Crippen LogP contribution is -2.53. The van der Waals surface area contributed by atoms with Gasteiger partial charge in [0.1, 0.15) is 5.75 Å². The molecule has 0 aromatic heterocycles. The first-order chi connectivity index (χ1) is 12.9. The molecule has 0 radical (unpaired) electrons. The Hall–Kier alpha value is -2.30. The Balaban J connectivity index is 1.57. The molecule has 1 N–H and O–H groups in total. The Morgan fingerprint density at radius 1 is 1.30 bits per heavy atom. The fraction of sp³-hybridized carbons (Fsp3) is 0.545. The molecule has 3 rings (SSSR count). The zero-order valence-electron chi connectivity index (χ0n) is 16.6. The number of nitrogens with one attached hydrogen (secondary N) is 1. The van der Waals surface area contributed by atoms with Crippen LogP contribution in [0.1, 0.15) is 57.9 Å². The molecule has 1 aromatic rings. The highest BCUT2D eigenvalue weighted by molar-refractivity contribution is 6.02. The quantitative estimate of drug-likeness (QED) is 0.773. The molecule has 0 saturated carbocycles. The molecule has 1 aromatic carbocycles. The summed E-state index contributed by atoms with van der Waals surface area (Å²) in [6, 6.07) is 5.80. The van der Waals surface area contributed by atoms with Crippen molar-refractivity contribution >= 4 is 17.5 Å². The fourth-order valence-corrected chi connectivity index (χ4v) is 3.70. The molecular weight excluding hydrogens is 340 g/mol. The molecular formula is C22H30N2O3. The second-order valence-corrected chi connectivity index (χ2v) is 8.00. The normalized spacial score (nSPS) is 18.4. The lowest BCUT2D eigenvalue weighted by molar-refractivity contribution is -0.132. The lowest BCUT2D eigenvalue weighted by Gasteiger charge is -2.38. The Bertz CT molecular complexity index is 752. The van der Waals surface area contributed by atoms with E-state index < -0.39 is 5.60 Å². The molecule has 5 heteroatoms. The molecule has 0 spiro atoms. The monoisotopic (exact) mass is 370 g/mol. The number of ether oxygens (including phenoxy) is 1. The van der Waals surface area contributed by atoms with Crippen LogP contribution in [0.4, 0.5) is 5.69 Å². The molecule has 27 heavy (non-hydrogen) atoms. The van der Waals surface area contributed by atoms with Crippen LogP contribution in [-0.2, 0) is 9.59 Å². The Labute approximate surface area is 161 Å². The SMILES string of the molecule is Cc1ccc2c(c1)N(CCC(=O)NCCC1=CCCCC1)C(=O)C(C)(C)O2. The van der Waals surface area contributed by atoms with Gasteiger partial charge in [0, 0.05) is 19.5 Å². The predicted molar refractivity (Wildman–Crippen MR) is 107 cm³/mol. The van der Waals surface area contributed by atoms with E-state index in [9.17, 15) is 9.59 Å². The van der Waals surface area contributed by atoms with Crippen LogP contribution in [0.25, 0.3) is 0 Å². The van der Waals surface area contributed by atoms with Crippen molar-refractivity contribution in [3.8, 4) is 5.75 Å². The van der Waals surface area contributed by atoms with Crippen LogP contribution in [-0.4, -0.2) is 30.5 Å². The maximum absolute atomic E-state index is 12.8. The van der Waals surface area contributed by atoms with Crippen molar-refractivity contribution in [2.24, 2.45) is 0 Å². The van der Waals surface area contributed by atoms with Crippen LogP contribution in [0.5, 0.6) is 5.75 Å². The summed E-state index contributed by atoms with van der Waals surface area (Å²) >= 11 is 0. The summed E-state index contributed by atoms with van der Waals surface area (Å²) in [7, 11) is 0. The van der Waals surface area contributed by atoms with Crippen molar-refractivity contribution in [1.82, 2.24) is 5.32 Å². The standard InChI is InChI=1S/C22H30N2O3/c1-16-9-10-19-18(15-16)24(21(26)22(2,3)27-19)14-12-20(25)23-13-11-17-7-5-4-6-8-17/h7,9-10,15H,4-6,8,11-14H2,1-3H3,(H,23,25). The number of fused-ring (bicyclic) bond motifs is 1. The van der Waals surface area contributed by atoms with Gasteiger partial charge in [-0.2, -0.15) is 0 Å². The first-order valence-electron chi connectivity index (χ1n) is 9.93. The second-order valence-electron chi connectivity index (χ2n) is 8.00. The third-order valence-electron chi connectivity index (χ3n) is 5.25. The lowest BCUT2D eigenvalue weighted by atomic mass is 9.97. The number of hydrogen-bond donors (Lipinski definition) is 1. The number of carbonyl (C=O) groups is 2. The summed E-state index contributed by atoms with van der Waals surface area (Å²) in [6.45, 7) is 6.54. The number of amides is 2. The van der Waals surface area contributed by atoms with E-state index in [0.29, 0.717) is 18.8 Å². The van der Waals surface area contributed by atoms with Gasteiger partial charge in [-0.3, -0.25) is 9.59 Å². The molecule has 5 nitrogen and oxygen atoms in total. The number of carbonyl (C=O) groups excluding carboxylic acids is 2. The maximum Gasteiger partial charge on any atom is 0.270 e. The van der Waals surface area contributed by atoms with Gasteiger partial charge in [0.05, 0.1) is 5.69 Å². The highest BCUT2D eigenvalue weighted by Crippen LogP contribution is 2.38. The summed E-state index contributed by atoms with van der Waals surface area (Å²) in [5, 5.41) is 2.99. The van der Waals surface area contributed by atoms with Gasteiger partial charge in [-0.15, -0.1) is 0 Å². The first kappa shape index (κ1) is 19.5. The number of hydrogen-bond acceptors (Lipinski definition) is 3. The summed E-state index contributed by atoms with van der Waals surface area (Å²) in [6.07, 6.45) is 8.38. The van der Waals surface area contributed by atoms with Crippen LogP contribution in [0, 0.1) is 6.92 Å². The highest BCUT2D eigenvalue weighted by atomic mass is 16.5. The van der Waals surface area contributed by atoms with Crippen LogP contribution < -0.4 is 15.0 Å². The fourth-order valence-electron chi connectivity index (χ4n) is 3.70. The number of anilines is 1. The van der Waals surface area contributed by atoms with Crippen molar-refractivity contribution in [2.45, 2.75) is 64.9 Å². The molecule has 0 fully saturated rings. The second kappa shape index (κ2) is 8.15. The first-order valence-corrected chi connectivity index (χ1v) is 9.93. The average Bonchev–Trinajstić information content (AvgIpc) is 2.63. The smallest absolute Gasteiger partial charge is 0.270 e. The minimum atomic E-state index is -0.924. The number of nitrogens with zero attached hydrogens (tertiary/aromatic N) is 1. The molecule has 146 valence electrons. The van der Waals surface area contributed by atoms with Crippen molar-refractivity contribution in [3.63, 3.8) is 0 Å². The van der Waals surface area contributed by atoms with Gasteiger partial charge in [-0.1, -0.05) is 17.7 Å². The van der Waals surface area contributed by atoms with Gasteiger partial charge in [0.25, 0.3) is 5.91 Å². The number of rotatable bonds is 6. The molecule has 0 unspecified atom stereocenters. The van der Waals surface area contributed by atoms with Crippen molar-refractivity contribution in [3.05, 3.63) is 35.4 Å². The molecule has 0 atom stereocenters. The van der Waals surface area contributed by atoms with E-state index in [1.807, 2.05) is 25.1 Å². The number of allylic oxidation sites excluding steroid dienone is 1. The van der Waals surface area contributed by atoms with Crippen LogP contribution in [0.2, 0.25) is 0 Å². The summed E-state index contributed by atoms with van der Waals surface area (Å²) in [4.78, 5) is 26.8. The Morgan fingerprint density at radius 3 is 2.85 bits per heavy atom. The van der Waals surface area contributed by atoms with Crippen molar-refractivity contribution < 1.29 is 14.3 Å². The molecule has 1 heterocycles. The third kappa shape index (κ3) is 4.71. The van der Waals surface area contributed by atoms with Gasteiger partial charge >= 0.3 is 0 Å².